The molecule has 1 amide bonds. The number of unbranched alkanes of at least 4 members (excludes halogenated alkanes) is 20. The van der Waals surface area contributed by atoms with E-state index < -0.39 is 0 Å². The molecular weight excluding hydrogens is 602 g/mol. The number of carbonyl (C=O) groups is 3. The van der Waals surface area contributed by atoms with E-state index in [0.717, 1.165) is 56.9 Å². The van der Waals surface area contributed by atoms with Gasteiger partial charge in [0.25, 0.3) is 0 Å². The number of rotatable bonds is 34. The van der Waals surface area contributed by atoms with Gasteiger partial charge in [0.1, 0.15) is 19.8 Å². The summed E-state index contributed by atoms with van der Waals surface area (Å²) in [6.07, 6.45) is 36.3. The fourth-order valence-electron chi connectivity index (χ4n) is 6.03. The van der Waals surface area contributed by atoms with E-state index in [9.17, 15) is 14.4 Å². The van der Waals surface area contributed by atoms with E-state index in [4.69, 9.17) is 14.2 Å². The average Bonchev–Trinajstić information content (AvgIpc) is 3.09. The summed E-state index contributed by atoms with van der Waals surface area (Å²) in [6.45, 7) is 5.59. The molecule has 0 bridgehead atoms. The van der Waals surface area contributed by atoms with Crippen LogP contribution in [0.4, 0.5) is 0 Å². The van der Waals surface area contributed by atoms with Crippen molar-refractivity contribution in [1.82, 2.24) is 4.90 Å². The molecule has 48 heavy (non-hydrogen) atoms. The Bertz CT molecular complexity index is 810. The van der Waals surface area contributed by atoms with Crippen molar-refractivity contribution < 1.29 is 28.6 Å². The van der Waals surface area contributed by atoms with E-state index in [2.05, 4.69) is 26.0 Å². The van der Waals surface area contributed by atoms with Gasteiger partial charge in [-0.25, -0.2) is 0 Å². The highest BCUT2D eigenvalue weighted by atomic mass is 16.5. The van der Waals surface area contributed by atoms with Gasteiger partial charge in [-0.15, -0.1) is 0 Å². The van der Waals surface area contributed by atoms with Crippen molar-refractivity contribution in [1.29, 1.82) is 0 Å². The molecule has 0 fully saturated rings. The number of ether oxygens (including phenoxy) is 3. The minimum Gasteiger partial charge on any atom is -0.464 e. The quantitative estimate of drug-likeness (QED) is 0.0499. The topological polar surface area (TPSA) is 82.1 Å². The molecule has 0 aromatic rings. The third kappa shape index (κ3) is 27.8. The Morgan fingerprint density at radius 2 is 1.00 bits per heavy atom. The zero-order valence-corrected chi connectivity index (χ0v) is 31.3. The van der Waals surface area contributed by atoms with Crippen LogP contribution in [-0.2, 0) is 28.6 Å². The molecule has 0 unspecified atom stereocenters. The summed E-state index contributed by atoms with van der Waals surface area (Å²) in [5.74, 6) is -0.633. The van der Waals surface area contributed by atoms with E-state index in [-0.39, 0.29) is 50.8 Å². The second-order valence-corrected chi connectivity index (χ2v) is 13.6. The molecule has 278 valence electrons. The van der Waals surface area contributed by atoms with Gasteiger partial charge in [0.15, 0.2) is 0 Å². The van der Waals surface area contributed by atoms with E-state index in [0.29, 0.717) is 19.4 Å². The molecule has 1 aliphatic carbocycles. The van der Waals surface area contributed by atoms with Crippen molar-refractivity contribution in [2.75, 3.05) is 39.5 Å². The van der Waals surface area contributed by atoms with Crippen molar-refractivity contribution in [3.05, 3.63) is 23.8 Å². The van der Waals surface area contributed by atoms with E-state index in [1.807, 2.05) is 6.08 Å². The van der Waals surface area contributed by atoms with E-state index in [1.54, 1.807) is 4.90 Å². The number of esters is 2. The average molecular weight is 676 g/mol. The SMILES string of the molecule is CCCCCCCCCCCCCC(=O)OCCN(CCOC(=O)CCCCCCCCCCCCC)C(=O)COCC1=CCCC=C1. The lowest BCUT2D eigenvalue weighted by Crippen LogP contribution is -2.39. The molecule has 0 aromatic carbocycles. The summed E-state index contributed by atoms with van der Waals surface area (Å²) < 4.78 is 16.6. The van der Waals surface area contributed by atoms with Crippen molar-refractivity contribution in [3.63, 3.8) is 0 Å². The molecule has 0 saturated carbocycles. The van der Waals surface area contributed by atoms with Crippen LogP contribution >= 0.6 is 0 Å². The molecule has 0 saturated heterocycles. The van der Waals surface area contributed by atoms with Crippen molar-refractivity contribution in [2.24, 2.45) is 0 Å². The molecule has 0 N–H and O–H groups in total. The van der Waals surface area contributed by atoms with Gasteiger partial charge in [-0.1, -0.05) is 160 Å². The largest absolute Gasteiger partial charge is 0.464 e. The molecule has 0 spiro atoms. The van der Waals surface area contributed by atoms with Gasteiger partial charge < -0.3 is 19.1 Å². The first-order valence-electron chi connectivity index (χ1n) is 20.1. The summed E-state index contributed by atoms with van der Waals surface area (Å²) in [5.41, 5.74) is 1.08. The predicted octanol–water partition coefficient (Wildman–Crippen LogP) is 10.6. The molecule has 0 radical (unpaired) electrons. The Balaban J connectivity index is 2.25. The van der Waals surface area contributed by atoms with Crippen molar-refractivity contribution in [2.45, 2.75) is 181 Å². The third-order valence-electron chi connectivity index (χ3n) is 9.14. The maximum atomic E-state index is 13.0. The molecular formula is C41H73NO6. The van der Waals surface area contributed by atoms with Crippen molar-refractivity contribution in [3.8, 4) is 0 Å². The maximum Gasteiger partial charge on any atom is 0.305 e. The first-order valence-corrected chi connectivity index (χ1v) is 20.1. The third-order valence-corrected chi connectivity index (χ3v) is 9.14. The fourth-order valence-corrected chi connectivity index (χ4v) is 6.03. The minimum atomic E-state index is -0.219. The van der Waals surface area contributed by atoms with Gasteiger partial charge >= 0.3 is 11.9 Å². The summed E-state index contributed by atoms with van der Waals surface area (Å²) in [5, 5.41) is 0. The first kappa shape index (κ1) is 43.9. The number of allylic oxidation sites excluding steroid dienone is 2. The summed E-state index contributed by atoms with van der Waals surface area (Å²) in [6, 6.07) is 0. The Morgan fingerprint density at radius 1 is 0.583 bits per heavy atom. The lowest BCUT2D eigenvalue weighted by Gasteiger charge is -2.22. The van der Waals surface area contributed by atoms with Crippen LogP contribution in [0.3, 0.4) is 0 Å². The van der Waals surface area contributed by atoms with Crippen LogP contribution in [0.1, 0.15) is 181 Å². The lowest BCUT2D eigenvalue weighted by molar-refractivity contribution is -0.149. The van der Waals surface area contributed by atoms with Gasteiger partial charge in [0.05, 0.1) is 19.7 Å². The van der Waals surface area contributed by atoms with Crippen LogP contribution in [0.25, 0.3) is 0 Å². The lowest BCUT2D eigenvalue weighted by atomic mass is 10.1. The van der Waals surface area contributed by atoms with Gasteiger partial charge in [-0.05, 0) is 31.3 Å². The maximum absolute atomic E-state index is 13.0. The Hall–Kier alpha value is -2.15. The second kappa shape index (κ2) is 33.4. The van der Waals surface area contributed by atoms with Crippen LogP contribution in [-0.4, -0.2) is 62.3 Å². The number of hydrogen-bond acceptors (Lipinski definition) is 6. The first-order chi connectivity index (χ1) is 23.6. The van der Waals surface area contributed by atoms with Gasteiger partial charge in [-0.2, -0.15) is 0 Å². The zero-order chi connectivity index (χ0) is 34.8. The normalized spacial score (nSPS) is 12.6. The van der Waals surface area contributed by atoms with Gasteiger partial charge in [0.2, 0.25) is 5.91 Å². The number of amides is 1. The monoisotopic (exact) mass is 676 g/mol. The van der Waals surface area contributed by atoms with Crippen LogP contribution in [0.5, 0.6) is 0 Å². The zero-order valence-electron chi connectivity index (χ0n) is 31.3. The van der Waals surface area contributed by atoms with E-state index in [1.165, 1.54) is 103 Å². The van der Waals surface area contributed by atoms with Gasteiger partial charge in [0, 0.05) is 12.8 Å². The summed E-state index contributed by atoms with van der Waals surface area (Å²) >= 11 is 0. The van der Waals surface area contributed by atoms with Crippen LogP contribution in [0.2, 0.25) is 0 Å². The summed E-state index contributed by atoms with van der Waals surface area (Å²) in [4.78, 5) is 39.2. The highest BCUT2D eigenvalue weighted by Crippen LogP contribution is 2.14. The van der Waals surface area contributed by atoms with Crippen LogP contribution in [0.15, 0.2) is 23.8 Å². The molecule has 0 heterocycles. The fraction of sp³-hybridized carbons (Fsp3) is 0.829. The van der Waals surface area contributed by atoms with Gasteiger partial charge in [-0.3, -0.25) is 14.4 Å². The minimum absolute atomic E-state index is 0.0649. The highest BCUT2D eigenvalue weighted by molar-refractivity contribution is 5.77. The molecule has 7 heteroatoms. The number of hydrogen-bond donors (Lipinski definition) is 0. The highest BCUT2D eigenvalue weighted by Gasteiger charge is 2.16. The van der Waals surface area contributed by atoms with Crippen molar-refractivity contribution >= 4 is 17.8 Å². The molecule has 1 rings (SSSR count). The molecule has 0 aromatic heterocycles. The Morgan fingerprint density at radius 3 is 1.40 bits per heavy atom. The van der Waals surface area contributed by atoms with E-state index >= 15 is 0 Å². The summed E-state index contributed by atoms with van der Waals surface area (Å²) in [7, 11) is 0. The smallest absolute Gasteiger partial charge is 0.305 e. The molecule has 7 nitrogen and oxygen atoms in total. The molecule has 0 aliphatic heterocycles. The second-order valence-electron chi connectivity index (χ2n) is 13.6. The van der Waals surface area contributed by atoms with Crippen LogP contribution in [0, 0.1) is 0 Å². The number of nitrogens with zero attached hydrogens (tertiary/aromatic N) is 1. The standard InChI is InChI=1S/C41H73NO6/c1-3-5-7-9-11-13-15-17-19-21-26-30-40(44)47-34-32-42(39(43)37-46-36-38-28-24-23-25-29-38)33-35-48-41(45)31-27-22-20-18-16-14-12-10-8-6-4-2/h24,28-29H,3-23,25-27,30-37H2,1-2H3. The molecule has 1 aliphatic rings. The number of carbonyl (C=O) groups excluding carboxylic acids is 3. The Labute approximate surface area is 295 Å². The van der Waals surface area contributed by atoms with Crippen LogP contribution < -0.4 is 0 Å². The molecule has 0 atom stereocenters. The Kier molecular flexibility index (Phi) is 30.5. The predicted molar refractivity (Wildman–Crippen MR) is 198 cm³/mol.